The summed E-state index contributed by atoms with van der Waals surface area (Å²) in [6.45, 7) is 0.248. The van der Waals surface area contributed by atoms with Crippen LogP contribution in [0.4, 0.5) is 5.69 Å². The molecule has 0 radical (unpaired) electrons. The summed E-state index contributed by atoms with van der Waals surface area (Å²) >= 11 is 0. The lowest BCUT2D eigenvalue weighted by Gasteiger charge is -2.17. The third-order valence-electron chi connectivity index (χ3n) is 2.10. The molecule has 0 atom stereocenters. The Hall–Kier alpha value is -1.59. The van der Waals surface area contributed by atoms with E-state index >= 15 is 0 Å². The van der Waals surface area contributed by atoms with Crippen LogP contribution in [-0.2, 0) is 0 Å². The first-order valence-corrected chi connectivity index (χ1v) is 4.62. The van der Waals surface area contributed by atoms with E-state index in [2.05, 4.69) is 5.43 Å². The summed E-state index contributed by atoms with van der Waals surface area (Å²) in [6.07, 6.45) is 0. The lowest BCUT2D eigenvalue weighted by atomic mass is 10.1. The highest BCUT2D eigenvalue weighted by Gasteiger charge is 2.13. The van der Waals surface area contributed by atoms with E-state index < -0.39 is 0 Å². The molecule has 0 fully saturated rings. The molecule has 82 valence electrons. The molecule has 0 aliphatic carbocycles. The van der Waals surface area contributed by atoms with E-state index in [0.29, 0.717) is 17.8 Å². The van der Waals surface area contributed by atoms with Crippen molar-refractivity contribution in [3.8, 4) is 0 Å². The number of nitrogens with one attached hydrogen (secondary N) is 1. The van der Waals surface area contributed by atoms with Crippen LogP contribution in [0.25, 0.3) is 0 Å². The van der Waals surface area contributed by atoms with Crippen LogP contribution in [0.3, 0.4) is 0 Å². The van der Waals surface area contributed by atoms with Gasteiger partial charge in [-0.2, -0.15) is 0 Å². The van der Waals surface area contributed by atoms with Crippen molar-refractivity contribution < 1.29 is 9.90 Å². The van der Waals surface area contributed by atoms with E-state index in [4.69, 9.17) is 10.9 Å². The minimum Gasteiger partial charge on any atom is -0.395 e. The molecule has 1 aromatic rings. The number of amides is 1. The van der Waals surface area contributed by atoms with Crippen LogP contribution in [0.2, 0.25) is 0 Å². The molecule has 5 heteroatoms. The molecule has 0 aromatic heterocycles. The molecule has 0 saturated carbocycles. The molecular weight excluding hydrogens is 194 g/mol. The van der Waals surface area contributed by atoms with E-state index in [1.165, 1.54) is 4.90 Å². The summed E-state index contributed by atoms with van der Waals surface area (Å²) in [4.78, 5) is 13.3. The summed E-state index contributed by atoms with van der Waals surface area (Å²) in [7, 11) is 1.63. The fraction of sp³-hybridized carbons (Fsp3) is 0.300. The monoisotopic (exact) mass is 209 g/mol. The van der Waals surface area contributed by atoms with Crippen molar-refractivity contribution in [2.45, 2.75) is 0 Å². The molecule has 4 N–H and O–H groups in total. The molecule has 0 bridgehead atoms. The van der Waals surface area contributed by atoms with Crippen LogP contribution in [0, 0.1) is 0 Å². The molecule has 1 rings (SSSR count). The first-order chi connectivity index (χ1) is 7.20. The lowest BCUT2D eigenvalue weighted by molar-refractivity contribution is 0.0768. The standard InChI is InChI=1S/C10H15N3O2/c1-13(6-7-14)10(15)8-4-2-3-5-9(8)12-11/h2-5,12,14H,6-7,11H2,1H3. The Kier molecular flexibility index (Phi) is 4.08. The number of anilines is 1. The first kappa shape index (κ1) is 11.5. The van der Waals surface area contributed by atoms with Gasteiger partial charge in [-0.3, -0.25) is 10.6 Å². The Balaban J connectivity index is 2.90. The lowest BCUT2D eigenvalue weighted by Crippen LogP contribution is -2.30. The number of hydrogen-bond donors (Lipinski definition) is 3. The number of likely N-dealkylation sites (N-methyl/N-ethyl adjacent to an activating group) is 1. The van der Waals surface area contributed by atoms with Crippen LogP contribution < -0.4 is 11.3 Å². The summed E-state index contributed by atoms with van der Waals surface area (Å²) < 4.78 is 0. The average Bonchev–Trinajstić information content (AvgIpc) is 2.28. The number of benzene rings is 1. The van der Waals surface area contributed by atoms with Crippen molar-refractivity contribution in [2.75, 3.05) is 25.6 Å². The molecule has 0 spiro atoms. The number of aliphatic hydroxyl groups is 1. The summed E-state index contributed by atoms with van der Waals surface area (Å²) in [6, 6.07) is 6.96. The Morgan fingerprint density at radius 1 is 1.53 bits per heavy atom. The highest BCUT2D eigenvalue weighted by molar-refractivity contribution is 5.99. The van der Waals surface area contributed by atoms with Crippen LogP contribution in [0.1, 0.15) is 10.4 Å². The van der Waals surface area contributed by atoms with Gasteiger partial charge in [-0.25, -0.2) is 0 Å². The van der Waals surface area contributed by atoms with Crippen molar-refractivity contribution in [1.82, 2.24) is 4.90 Å². The molecule has 1 amide bonds. The van der Waals surface area contributed by atoms with Gasteiger partial charge in [0.25, 0.3) is 5.91 Å². The van der Waals surface area contributed by atoms with E-state index in [9.17, 15) is 4.79 Å². The number of nitrogens with zero attached hydrogens (tertiary/aromatic N) is 1. The average molecular weight is 209 g/mol. The number of rotatable bonds is 4. The number of hydrogen-bond acceptors (Lipinski definition) is 4. The Morgan fingerprint density at radius 2 is 2.20 bits per heavy atom. The zero-order valence-corrected chi connectivity index (χ0v) is 8.60. The SMILES string of the molecule is CN(CCO)C(=O)c1ccccc1NN. The third-order valence-corrected chi connectivity index (χ3v) is 2.10. The topological polar surface area (TPSA) is 78.6 Å². The van der Waals surface area contributed by atoms with Gasteiger partial charge in [0, 0.05) is 13.6 Å². The van der Waals surface area contributed by atoms with Gasteiger partial charge in [0.15, 0.2) is 0 Å². The normalized spacial score (nSPS) is 9.80. The quantitative estimate of drug-likeness (QED) is 0.483. The number of nitrogen functional groups attached to an aromatic ring is 1. The highest BCUT2D eigenvalue weighted by Crippen LogP contribution is 2.15. The second-order valence-electron chi connectivity index (χ2n) is 3.14. The summed E-state index contributed by atoms with van der Waals surface area (Å²) in [5.41, 5.74) is 3.54. The van der Waals surface area contributed by atoms with Crippen LogP contribution in [0.15, 0.2) is 24.3 Å². The van der Waals surface area contributed by atoms with Crippen molar-refractivity contribution >= 4 is 11.6 Å². The Morgan fingerprint density at radius 3 is 2.80 bits per heavy atom. The zero-order valence-electron chi connectivity index (χ0n) is 8.60. The van der Waals surface area contributed by atoms with Crippen LogP contribution >= 0.6 is 0 Å². The Bertz CT molecular complexity index is 341. The van der Waals surface area contributed by atoms with Gasteiger partial charge in [-0.15, -0.1) is 0 Å². The minimum absolute atomic E-state index is 0.0551. The second-order valence-corrected chi connectivity index (χ2v) is 3.14. The zero-order chi connectivity index (χ0) is 11.3. The fourth-order valence-electron chi connectivity index (χ4n) is 1.25. The molecule has 0 unspecified atom stereocenters. The van der Waals surface area contributed by atoms with E-state index in [0.717, 1.165) is 0 Å². The number of para-hydroxylation sites is 1. The highest BCUT2D eigenvalue weighted by atomic mass is 16.3. The molecule has 0 aliphatic rings. The van der Waals surface area contributed by atoms with Crippen molar-refractivity contribution in [1.29, 1.82) is 0 Å². The smallest absolute Gasteiger partial charge is 0.255 e. The molecule has 5 nitrogen and oxygen atoms in total. The largest absolute Gasteiger partial charge is 0.395 e. The van der Waals surface area contributed by atoms with Crippen LogP contribution in [0.5, 0.6) is 0 Å². The van der Waals surface area contributed by atoms with Gasteiger partial charge in [0.05, 0.1) is 17.9 Å². The molecule has 15 heavy (non-hydrogen) atoms. The van der Waals surface area contributed by atoms with Crippen LogP contribution in [-0.4, -0.2) is 36.1 Å². The third kappa shape index (κ3) is 2.68. The fourth-order valence-corrected chi connectivity index (χ4v) is 1.25. The minimum atomic E-state index is -0.169. The van der Waals surface area contributed by atoms with Crippen molar-refractivity contribution in [3.05, 3.63) is 29.8 Å². The number of aliphatic hydroxyl groups excluding tert-OH is 1. The number of hydrazine groups is 1. The molecule has 0 heterocycles. The maximum atomic E-state index is 11.8. The van der Waals surface area contributed by atoms with Gasteiger partial charge in [0.1, 0.15) is 0 Å². The number of carbonyl (C=O) groups is 1. The second kappa shape index (κ2) is 5.33. The van der Waals surface area contributed by atoms with E-state index in [1.54, 1.807) is 31.3 Å². The number of carbonyl (C=O) groups excluding carboxylic acids is 1. The Labute approximate surface area is 88.5 Å². The number of nitrogens with two attached hydrogens (primary N) is 1. The summed E-state index contributed by atoms with van der Waals surface area (Å²) in [5, 5.41) is 8.72. The molecule has 0 aliphatic heterocycles. The predicted molar refractivity (Wildman–Crippen MR) is 58.3 cm³/mol. The van der Waals surface area contributed by atoms with E-state index in [-0.39, 0.29) is 12.5 Å². The molecule has 0 saturated heterocycles. The van der Waals surface area contributed by atoms with Gasteiger partial charge in [0.2, 0.25) is 0 Å². The van der Waals surface area contributed by atoms with Crippen molar-refractivity contribution in [2.24, 2.45) is 5.84 Å². The maximum absolute atomic E-state index is 11.8. The van der Waals surface area contributed by atoms with Gasteiger partial charge >= 0.3 is 0 Å². The molecule has 1 aromatic carbocycles. The van der Waals surface area contributed by atoms with Crippen molar-refractivity contribution in [3.63, 3.8) is 0 Å². The summed E-state index contributed by atoms with van der Waals surface area (Å²) in [5.74, 6) is 5.12. The van der Waals surface area contributed by atoms with E-state index in [1.807, 2.05) is 0 Å². The first-order valence-electron chi connectivity index (χ1n) is 4.62. The van der Waals surface area contributed by atoms with Gasteiger partial charge in [-0.05, 0) is 12.1 Å². The van der Waals surface area contributed by atoms with Gasteiger partial charge in [-0.1, -0.05) is 12.1 Å². The maximum Gasteiger partial charge on any atom is 0.255 e. The predicted octanol–water partition coefficient (Wildman–Crippen LogP) is 0.0365. The van der Waals surface area contributed by atoms with Gasteiger partial charge < -0.3 is 15.4 Å². The molecular formula is C10H15N3O2.